The van der Waals surface area contributed by atoms with Crippen LogP contribution in [0.15, 0.2) is 11.3 Å². The van der Waals surface area contributed by atoms with Gasteiger partial charge in [0.1, 0.15) is 11.3 Å². The van der Waals surface area contributed by atoms with Gasteiger partial charge in [-0.25, -0.2) is 4.79 Å². The highest BCUT2D eigenvalue weighted by Crippen LogP contribution is 2.31. The van der Waals surface area contributed by atoms with Gasteiger partial charge in [-0.3, -0.25) is 0 Å². The Bertz CT molecular complexity index is 508. The van der Waals surface area contributed by atoms with E-state index in [1.807, 2.05) is 0 Å². The Labute approximate surface area is 113 Å². The van der Waals surface area contributed by atoms with Gasteiger partial charge in [-0.05, 0) is 13.8 Å². The smallest absolute Gasteiger partial charge is 0.462 e. The van der Waals surface area contributed by atoms with Crippen LogP contribution in [0.1, 0.15) is 20.3 Å². The van der Waals surface area contributed by atoms with Crippen molar-refractivity contribution in [3.63, 3.8) is 0 Å². The first-order valence-corrected chi connectivity index (χ1v) is 7.00. The van der Waals surface area contributed by atoms with E-state index < -0.39 is 33.5 Å². The lowest BCUT2D eigenvalue weighted by Gasteiger charge is -2.24. The summed E-state index contributed by atoms with van der Waals surface area (Å²) in [5.41, 5.74) is -5.93. The predicted molar refractivity (Wildman–Crippen MR) is 59.7 cm³/mol. The summed E-state index contributed by atoms with van der Waals surface area (Å²) >= 11 is 0. The van der Waals surface area contributed by atoms with Crippen molar-refractivity contribution in [3.8, 4) is 0 Å². The highest BCUT2D eigenvalue weighted by molar-refractivity contribution is 7.87. The summed E-state index contributed by atoms with van der Waals surface area (Å²) in [6, 6.07) is 0. The lowest BCUT2D eigenvalue weighted by Crippen LogP contribution is -2.31. The number of esters is 1. The molecule has 0 aromatic carbocycles. The van der Waals surface area contributed by atoms with Crippen LogP contribution in [0.5, 0.6) is 0 Å². The normalized spacial score (nSPS) is 20.8. The predicted octanol–water partition coefficient (Wildman–Crippen LogP) is 1.48. The van der Waals surface area contributed by atoms with Gasteiger partial charge >= 0.3 is 21.6 Å². The van der Waals surface area contributed by atoms with Crippen LogP contribution in [0.25, 0.3) is 0 Å². The fourth-order valence-corrected chi connectivity index (χ4v) is 1.93. The van der Waals surface area contributed by atoms with E-state index in [0.29, 0.717) is 0 Å². The molecule has 116 valence electrons. The minimum atomic E-state index is -5.82. The van der Waals surface area contributed by atoms with Crippen LogP contribution in [-0.2, 0) is 28.6 Å². The molecule has 1 aliphatic rings. The van der Waals surface area contributed by atoms with Crippen molar-refractivity contribution in [2.24, 2.45) is 0 Å². The number of alkyl halides is 3. The molecule has 0 fully saturated rings. The van der Waals surface area contributed by atoms with E-state index in [1.54, 1.807) is 0 Å². The Hall–Kier alpha value is -1.29. The topological polar surface area (TPSA) is 78.9 Å². The molecule has 0 spiro atoms. The average molecular weight is 318 g/mol. The fourth-order valence-electron chi connectivity index (χ4n) is 1.40. The van der Waals surface area contributed by atoms with E-state index >= 15 is 0 Å². The molecule has 0 amide bonds. The Morgan fingerprint density at radius 1 is 1.45 bits per heavy atom. The summed E-state index contributed by atoms with van der Waals surface area (Å²) in [5, 5.41) is 0. The Kier molecular flexibility index (Phi) is 5.03. The summed E-state index contributed by atoms with van der Waals surface area (Å²) in [6.45, 7) is 2.61. The standard InChI is InChI=1S/C10H13F3O6S/c1-3-17-9(14)7-5-18-6(2)4-8(7)19-20(15,16)10(11,12)13/h6H,3-5H2,1-2H3. The van der Waals surface area contributed by atoms with Crippen LogP contribution < -0.4 is 0 Å². The third kappa shape index (κ3) is 3.85. The zero-order chi connectivity index (χ0) is 15.6. The van der Waals surface area contributed by atoms with Gasteiger partial charge in [0, 0.05) is 6.42 Å². The second-order valence-electron chi connectivity index (χ2n) is 3.93. The van der Waals surface area contributed by atoms with Crippen molar-refractivity contribution in [1.29, 1.82) is 0 Å². The SMILES string of the molecule is CCOC(=O)C1=C(OS(=O)(=O)C(F)(F)F)CC(C)OC1. The number of rotatable bonds is 4. The summed E-state index contributed by atoms with van der Waals surface area (Å²) in [7, 11) is -5.82. The van der Waals surface area contributed by atoms with E-state index in [2.05, 4.69) is 8.92 Å². The molecule has 0 aromatic rings. The van der Waals surface area contributed by atoms with Gasteiger partial charge in [-0.1, -0.05) is 0 Å². The number of carbonyl (C=O) groups is 1. The molecule has 0 radical (unpaired) electrons. The highest BCUT2D eigenvalue weighted by Gasteiger charge is 2.49. The third-order valence-electron chi connectivity index (χ3n) is 2.34. The van der Waals surface area contributed by atoms with E-state index in [0.717, 1.165) is 0 Å². The maximum atomic E-state index is 12.3. The van der Waals surface area contributed by atoms with Crippen LogP contribution in [0.2, 0.25) is 0 Å². The number of carbonyl (C=O) groups excluding carboxylic acids is 1. The number of halogens is 3. The molecule has 20 heavy (non-hydrogen) atoms. The average Bonchev–Trinajstić information content (AvgIpc) is 2.27. The molecular formula is C10H13F3O6S. The molecule has 0 N–H and O–H groups in total. The van der Waals surface area contributed by atoms with Gasteiger partial charge in [-0.15, -0.1) is 0 Å². The quantitative estimate of drug-likeness (QED) is 0.444. The van der Waals surface area contributed by atoms with Crippen LogP contribution in [0.3, 0.4) is 0 Å². The molecule has 1 aliphatic heterocycles. The zero-order valence-corrected chi connectivity index (χ0v) is 11.5. The van der Waals surface area contributed by atoms with Crippen LogP contribution in [0, 0.1) is 0 Å². The second kappa shape index (κ2) is 6.00. The Balaban J connectivity index is 3.10. The van der Waals surface area contributed by atoms with Crippen LogP contribution in [-0.4, -0.2) is 39.2 Å². The third-order valence-corrected chi connectivity index (χ3v) is 3.32. The molecule has 1 heterocycles. The maximum Gasteiger partial charge on any atom is 0.534 e. The van der Waals surface area contributed by atoms with E-state index in [1.165, 1.54) is 13.8 Å². The first-order valence-electron chi connectivity index (χ1n) is 5.60. The highest BCUT2D eigenvalue weighted by atomic mass is 32.2. The van der Waals surface area contributed by atoms with Crippen LogP contribution in [0.4, 0.5) is 13.2 Å². The second-order valence-corrected chi connectivity index (χ2v) is 5.47. The summed E-state index contributed by atoms with van der Waals surface area (Å²) < 4.78 is 72.5. The van der Waals surface area contributed by atoms with Crippen molar-refractivity contribution in [2.45, 2.75) is 31.9 Å². The lowest BCUT2D eigenvalue weighted by molar-refractivity contribution is -0.140. The fraction of sp³-hybridized carbons (Fsp3) is 0.700. The van der Waals surface area contributed by atoms with Crippen molar-refractivity contribution >= 4 is 16.1 Å². The van der Waals surface area contributed by atoms with Crippen molar-refractivity contribution in [3.05, 3.63) is 11.3 Å². The lowest BCUT2D eigenvalue weighted by atomic mass is 10.1. The molecule has 1 unspecified atom stereocenters. The van der Waals surface area contributed by atoms with E-state index in [4.69, 9.17) is 4.74 Å². The van der Waals surface area contributed by atoms with Crippen molar-refractivity contribution in [1.82, 2.24) is 0 Å². The zero-order valence-electron chi connectivity index (χ0n) is 10.7. The van der Waals surface area contributed by atoms with E-state index in [9.17, 15) is 26.4 Å². The summed E-state index contributed by atoms with van der Waals surface area (Å²) in [6.07, 6.45) is -0.852. The summed E-state index contributed by atoms with van der Waals surface area (Å²) in [4.78, 5) is 11.5. The minimum Gasteiger partial charge on any atom is -0.462 e. The number of hydrogen-bond acceptors (Lipinski definition) is 6. The van der Waals surface area contributed by atoms with Gasteiger partial charge < -0.3 is 13.7 Å². The molecule has 1 atom stereocenters. The van der Waals surface area contributed by atoms with Crippen LogP contribution >= 0.6 is 0 Å². The Morgan fingerprint density at radius 3 is 2.55 bits per heavy atom. The minimum absolute atomic E-state index is 0.0167. The molecule has 0 saturated heterocycles. The largest absolute Gasteiger partial charge is 0.534 e. The van der Waals surface area contributed by atoms with Gasteiger partial charge in [0.15, 0.2) is 0 Å². The number of ether oxygens (including phenoxy) is 2. The molecule has 0 saturated carbocycles. The molecule has 0 bridgehead atoms. The van der Waals surface area contributed by atoms with Gasteiger partial charge in [0.2, 0.25) is 0 Å². The van der Waals surface area contributed by atoms with Gasteiger partial charge in [-0.2, -0.15) is 21.6 Å². The maximum absolute atomic E-state index is 12.3. The molecule has 10 heteroatoms. The van der Waals surface area contributed by atoms with Gasteiger partial charge in [0.05, 0.1) is 19.3 Å². The van der Waals surface area contributed by atoms with E-state index in [-0.39, 0.29) is 25.2 Å². The Morgan fingerprint density at radius 2 is 2.05 bits per heavy atom. The monoisotopic (exact) mass is 318 g/mol. The molecule has 6 nitrogen and oxygen atoms in total. The molecule has 1 rings (SSSR count). The molecule has 0 aromatic heterocycles. The van der Waals surface area contributed by atoms with Gasteiger partial charge in [0.25, 0.3) is 0 Å². The first-order chi connectivity index (χ1) is 9.08. The molecule has 0 aliphatic carbocycles. The van der Waals surface area contributed by atoms with Crippen molar-refractivity contribution in [2.75, 3.05) is 13.2 Å². The number of hydrogen-bond donors (Lipinski definition) is 0. The molecular weight excluding hydrogens is 305 g/mol. The first kappa shape index (κ1) is 16.8. The van der Waals surface area contributed by atoms with Crippen molar-refractivity contribution < 1.29 is 40.0 Å². The summed E-state index contributed by atoms with van der Waals surface area (Å²) in [5.74, 6) is -1.56.